The number of sulfonamides is 1. The Labute approximate surface area is 212 Å². The number of thioether (sulfide) groups is 1. The number of esters is 1. The number of amides is 1. The molecule has 0 heterocycles. The van der Waals surface area contributed by atoms with Gasteiger partial charge in [-0.1, -0.05) is 25.1 Å². The van der Waals surface area contributed by atoms with Gasteiger partial charge in [0, 0.05) is 16.2 Å². The predicted octanol–water partition coefficient (Wildman–Crippen LogP) is 5.00. The highest BCUT2D eigenvalue weighted by Crippen LogP contribution is 2.54. The third-order valence-electron chi connectivity index (χ3n) is 5.99. The molecule has 1 saturated carbocycles. The van der Waals surface area contributed by atoms with Crippen LogP contribution in [0.4, 0.5) is 18.9 Å². The molecule has 0 aliphatic heterocycles. The molecule has 2 aromatic rings. The Morgan fingerprint density at radius 1 is 1.19 bits per heavy atom. The van der Waals surface area contributed by atoms with Crippen LogP contribution in [-0.2, 0) is 25.0 Å². The third kappa shape index (κ3) is 6.94. The van der Waals surface area contributed by atoms with Crippen LogP contribution in [0.3, 0.4) is 0 Å². The molecule has 1 aliphatic carbocycles. The van der Waals surface area contributed by atoms with Crippen molar-refractivity contribution >= 4 is 39.3 Å². The van der Waals surface area contributed by atoms with Gasteiger partial charge in [-0.3, -0.25) is 9.52 Å². The van der Waals surface area contributed by atoms with Gasteiger partial charge in [-0.2, -0.15) is 13.2 Å². The maximum absolute atomic E-state index is 13.0. The van der Waals surface area contributed by atoms with E-state index in [2.05, 4.69) is 10.0 Å². The van der Waals surface area contributed by atoms with Crippen molar-refractivity contribution in [2.45, 2.75) is 49.1 Å². The van der Waals surface area contributed by atoms with Crippen LogP contribution >= 0.6 is 11.8 Å². The quantitative estimate of drug-likeness (QED) is 0.340. The first-order valence-electron chi connectivity index (χ1n) is 11.1. The number of carbonyl (C=O) groups excluding carboxylic acids is 2. The number of anilines is 1. The molecule has 1 amide bonds. The van der Waals surface area contributed by atoms with E-state index in [1.807, 2.05) is 6.92 Å². The molecule has 7 nitrogen and oxygen atoms in total. The van der Waals surface area contributed by atoms with Gasteiger partial charge in [0.05, 0.1) is 30.2 Å². The zero-order valence-electron chi connectivity index (χ0n) is 20.1. The number of carbonyl (C=O) groups is 2. The Morgan fingerprint density at radius 3 is 2.39 bits per heavy atom. The lowest BCUT2D eigenvalue weighted by molar-refractivity contribution is -0.123. The normalized spacial score (nSPS) is 20.4. The van der Waals surface area contributed by atoms with Crippen molar-refractivity contribution in [3.8, 4) is 0 Å². The van der Waals surface area contributed by atoms with Gasteiger partial charge in [0.2, 0.25) is 15.9 Å². The summed E-state index contributed by atoms with van der Waals surface area (Å²) in [5, 5.41) is 2.91. The van der Waals surface area contributed by atoms with Crippen molar-refractivity contribution in [2.24, 2.45) is 5.92 Å². The summed E-state index contributed by atoms with van der Waals surface area (Å²) in [6, 6.07) is 10.0. The number of hydrogen-bond donors (Lipinski definition) is 2. The van der Waals surface area contributed by atoms with Crippen LogP contribution in [0.2, 0.25) is 0 Å². The van der Waals surface area contributed by atoms with Crippen molar-refractivity contribution < 1.29 is 35.9 Å². The Bertz CT molecular complexity index is 1250. The van der Waals surface area contributed by atoms with Crippen LogP contribution in [0.5, 0.6) is 0 Å². The molecule has 3 atom stereocenters. The van der Waals surface area contributed by atoms with Gasteiger partial charge in [-0.25, -0.2) is 13.2 Å². The third-order valence-corrected chi connectivity index (χ3v) is 7.32. The van der Waals surface area contributed by atoms with Crippen LogP contribution in [0.1, 0.15) is 54.7 Å². The lowest BCUT2D eigenvalue weighted by Crippen LogP contribution is -2.30. The maximum Gasteiger partial charge on any atom is 0.446 e. The van der Waals surface area contributed by atoms with Crippen molar-refractivity contribution in [2.75, 3.05) is 17.6 Å². The number of rotatable bonds is 9. The van der Waals surface area contributed by atoms with Crippen molar-refractivity contribution in [3.05, 3.63) is 59.2 Å². The van der Waals surface area contributed by atoms with Crippen LogP contribution in [0.15, 0.2) is 47.4 Å². The second-order valence-corrected chi connectivity index (χ2v) is 11.8. The molecule has 2 aromatic carbocycles. The van der Waals surface area contributed by atoms with Crippen LogP contribution in [0, 0.1) is 5.92 Å². The minimum absolute atomic E-state index is 0.0222. The minimum Gasteiger partial charge on any atom is -0.462 e. The van der Waals surface area contributed by atoms with E-state index in [1.54, 1.807) is 32.0 Å². The van der Waals surface area contributed by atoms with Gasteiger partial charge in [-0.15, -0.1) is 0 Å². The van der Waals surface area contributed by atoms with E-state index in [0.717, 1.165) is 11.8 Å². The summed E-state index contributed by atoms with van der Waals surface area (Å²) < 4.78 is 68.4. The Morgan fingerprint density at radius 2 is 1.83 bits per heavy atom. The molecule has 12 heteroatoms. The van der Waals surface area contributed by atoms with E-state index >= 15 is 0 Å². The maximum atomic E-state index is 13.0. The van der Waals surface area contributed by atoms with Crippen LogP contribution in [0.25, 0.3) is 0 Å². The highest BCUT2D eigenvalue weighted by molar-refractivity contribution is 8.00. The average Bonchev–Trinajstić information content (AvgIpc) is 3.45. The molecule has 2 unspecified atom stereocenters. The topological polar surface area (TPSA) is 102 Å². The minimum atomic E-state index is -4.37. The summed E-state index contributed by atoms with van der Waals surface area (Å²) >= 11 is -0.187. The lowest BCUT2D eigenvalue weighted by atomic mass is 9.95. The van der Waals surface area contributed by atoms with E-state index in [1.165, 1.54) is 24.3 Å². The van der Waals surface area contributed by atoms with E-state index in [0.29, 0.717) is 12.0 Å². The fourth-order valence-corrected chi connectivity index (χ4v) is 5.12. The first-order valence-corrected chi connectivity index (χ1v) is 13.8. The lowest BCUT2D eigenvalue weighted by Gasteiger charge is -2.19. The Hall–Kier alpha value is -2.73. The molecule has 196 valence electrons. The summed E-state index contributed by atoms with van der Waals surface area (Å²) in [4.78, 5) is 25.4. The molecule has 3 rings (SSSR count). The van der Waals surface area contributed by atoms with Gasteiger partial charge >= 0.3 is 11.5 Å². The van der Waals surface area contributed by atoms with Gasteiger partial charge in [0.1, 0.15) is 0 Å². The second-order valence-electron chi connectivity index (χ2n) is 8.88. The molecule has 0 aromatic heterocycles. The molecule has 2 N–H and O–H groups in total. The van der Waals surface area contributed by atoms with Crippen LogP contribution < -0.4 is 10.0 Å². The van der Waals surface area contributed by atoms with Gasteiger partial charge in [-0.05, 0) is 67.4 Å². The van der Waals surface area contributed by atoms with Gasteiger partial charge in [0.15, 0.2) is 0 Å². The Balaban J connectivity index is 1.72. The first kappa shape index (κ1) is 27.9. The van der Waals surface area contributed by atoms with Crippen LogP contribution in [-0.4, -0.2) is 38.7 Å². The summed E-state index contributed by atoms with van der Waals surface area (Å²) in [6.07, 6.45) is 1.51. The van der Waals surface area contributed by atoms with E-state index in [9.17, 15) is 31.2 Å². The summed E-state index contributed by atoms with van der Waals surface area (Å²) in [5.41, 5.74) is -3.42. The average molecular weight is 545 g/mol. The van der Waals surface area contributed by atoms with Crippen molar-refractivity contribution in [1.82, 2.24) is 5.32 Å². The monoisotopic (exact) mass is 544 g/mol. The van der Waals surface area contributed by atoms with E-state index in [-0.39, 0.29) is 46.3 Å². The molecule has 1 aliphatic rings. The highest BCUT2D eigenvalue weighted by atomic mass is 32.2. The van der Waals surface area contributed by atoms with E-state index in [4.69, 9.17) is 4.74 Å². The van der Waals surface area contributed by atoms with E-state index < -0.39 is 33.0 Å². The van der Waals surface area contributed by atoms with Crippen molar-refractivity contribution in [1.29, 1.82) is 0 Å². The molecule has 36 heavy (non-hydrogen) atoms. The number of benzene rings is 2. The molecular weight excluding hydrogens is 517 g/mol. The summed E-state index contributed by atoms with van der Waals surface area (Å²) in [7, 11) is -3.64. The molecule has 0 saturated heterocycles. The molecular formula is C24H27F3N2O5S2. The number of ether oxygens (including phenoxy) is 1. The SMILES string of the molecule is CCOC(=O)c1cc([C@@H](C)NC(=O)C2CC2(C)c2ccc(SC(F)(F)F)cc2)ccc1NS(C)(=O)=O. The highest BCUT2D eigenvalue weighted by Gasteiger charge is 2.55. The fourth-order valence-electron chi connectivity index (χ4n) is 4.00. The number of nitrogens with one attached hydrogen (secondary N) is 2. The number of alkyl halides is 3. The zero-order chi connectivity index (χ0) is 26.9. The fraction of sp³-hybridized carbons (Fsp3) is 0.417. The zero-order valence-corrected chi connectivity index (χ0v) is 21.7. The molecule has 0 spiro atoms. The number of halogens is 3. The molecule has 1 fully saturated rings. The van der Waals surface area contributed by atoms with Gasteiger partial charge < -0.3 is 10.1 Å². The largest absolute Gasteiger partial charge is 0.462 e. The molecule has 0 radical (unpaired) electrons. The Kier molecular flexibility index (Phi) is 7.99. The second kappa shape index (κ2) is 10.3. The number of hydrogen-bond acceptors (Lipinski definition) is 6. The predicted molar refractivity (Wildman–Crippen MR) is 131 cm³/mol. The smallest absolute Gasteiger partial charge is 0.446 e. The van der Waals surface area contributed by atoms with Gasteiger partial charge in [0.25, 0.3) is 0 Å². The standard InChI is InChI=1S/C24H27F3N2O5S2/c1-5-34-22(31)18-12-15(6-11-20(18)29-36(4,32)33)14(2)28-21(30)19-13-23(19,3)16-7-9-17(10-8-16)35-24(25,26)27/h6-12,14,19,29H,5,13H2,1-4H3,(H,28,30)/t14-,19?,23?/m1/s1. The first-order chi connectivity index (χ1) is 16.6. The van der Waals surface area contributed by atoms with Crippen molar-refractivity contribution in [3.63, 3.8) is 0 Å². The summed E-state index contributed by atoms with van der Waals surface area (Å²) in [6.45, 7) is 5.35. The molecule has 0 bridgehead atoms. The summed E-state index contributed by atoms with van der Waals surface area (Å²) in [5.74, 6) is -1.29.